The molecule has 2 fully saturated rings. The van der Waals surface area contributed by atoms with Crippen molar-refractivity contribution in [1.82, 2.24) is 4.90 Å². The first-order valence-electron chi connectivity index (χ1n) is 8.14. The third kappa shape index (κ3) is 2.36. The van der Waals surface area contributed by atoms with Crippen LogP contribution in [0.4, 0.5) is 0 Å². The minimum atomic E-state index is -0.297. The first-order valence-corrected chi connectivity index (χ1v) is 8.14. The number of hydrogen-bond acceptors (Lipinski definition) is 4. The molecule has 1 aliphatic carbocycles. The summed E-state index contributed by atoms with van der Waals surface area (Å²) < 4.78 is 11.3. The monoisotopic (exact) mass is 307 g/mol. The summed E-state index contributed by atoms with van der Waals surface area (Å²) in [6.07, 6.45) is 2.15. The second kappa shape index (κ2) is 5.70. The number of carbonyl (C=O) groups excluding carboxylic acids is 1. The van der Waals surface area contributed by atoms with Crippen molar-refractivity contribution in [2.45, 2.75) is 52.2 Å². The van der Waals surface area contributed by atoms with E-state index in [1.807, 2.05) is 31.7 Å². The van der Waals surface area contributed by atoms with E-state index in [4.69, 9.17) is 9.15 Å². The number of aliphatic hydroxyl groups is 1. The van der Waals surface area contributed by atoms with Crippen molar-refractivity contribution in [1.29, 1.82) is 0 Å². The van der Waals surface area contributed by atoms with Gasteiger partial charge >= 0.3 is 0 Å². The number of piperidine rings is 1. The van der Waals surface area contributed by atoms with Crippen LogP contribution < -0.4 is 0 Å². The molecule has 2 atom stereocenters. The Hall–Kier alpha value is -1.33. The molecule has 0 aromatic carbocycles. The Labute approximate surface area is 131 Å². The summed E-state index contributed by atoms with van der Waals surface area (Å²) >= 11 is 0. The quantitative estimate of drug-likeness (QED) is 0.930. The number of furan rings is 1. The molecule has 1 saturated heterocycles. The van der Waals surface area contributed by atoms with Crippen LogP contribution >= 0.6 is 0 Å². The van der Waals surface area contributed by atoms with Crippen molar-refractivity contribution in [2.24, 2.45) is 5.41 Å². The lowest BCUT2D eigenvalue weighted by Gasteiger charge is -2.56. The van der Waals surface area contributed by atoms with E-state index in [1.54, 1.807) is 0 Å². The number of carbonyl (C=O) groups is 1. The zero-order chi connectivity index (χ0) is 15.9. The lowest BCUT2D eigenvalue weighted by Crippen LogP contribution is -2.62. The maximum Gasteiger partial charge on any atom is 0.289 e. The first-order chi connectivity index (χ1) is 10.5. The van der Waals surface area contributed by atoms with Crippen LogP contribution in [-0.2, 0) is 4.74 Å². The van der Waals surface area contributed by atoms with Crippen LogP contribution in [0.3, 0.4) is 0 Å². The van der Waals surface area contributed by atoms with Gasteiger partial charge in [-0.15, -0.1) is 0 Å². The molecule has 1 aromatic heterocycles. The summed E-state index contributed by atoms with van der Waals surface area (Å²) in [7, 11) is 0. The second-order valence-corrected chi connectivity index (χ2v) is 6.57. The summed E-state index contributed by atoms with van der Waals surface area (Å²) in [6, 6.07) is 1.81. The molecule has 1 amide bonds. The maximum atomic E-state index is 12.5. The zero-order valence-corrected chi connectivity index (χ0v) is 13.6. The number of ether oxygens (including phenoxy) is 1. The summed E-state index contributed by atoms with van der Waals surface area (Å²) in [5, 5.41) is 10.2. The molecule has 0 radical (unpaired) electrons. The highest BCUT2D eigenvalue weighted by atomic mass is 16.5. The van der Waals surface area contributed by atoms with E-state index < -0.39 is 0 Å². The van der Waals surface area contributed by atoms with Gasteiger partial charge in [0, 0.05) is 31.5 Å². The Kier molecular flexibility index (Phi) is 4.03. The van der Waals surface area contributed by atoms with E-state index in [9.17, 15) is 9.90 Å². The average molecular weight is 307 g/mol. The molecule has 5 heteroatoms. The highest BCUT2D eigenvalue weighted by molar-refractivity contribution is 5.91. The Morgan fingerprint density at radius 3 is 2.64 bits per heavy atom. The topological polar surface area (TPSA) is 62.9 Å². The molecule has 2 heterocycles. The smallest absolute Gasteiger partial charge is 0.289 e. The lowest BCUT2D eigenvalue weighted by molar-refractivity contribution is -0.207. The van der Waals surface area contributed by atoms with Crippen LogP contribution in [0.5, 0.6) is 0 Å². The fraction of sp³-hybridized carbons (Fsp3) is 0.706. The van der Waals surface area contributed by atoms with Gasteiger partial charge in [-0.1, -0.05) is 0 Å². The van der Waals surface area contributed by atoms with Crippen molar-refractivity contribution in [2.75, 3.05) is 19.7 Å². The summed E-state index contributed by atoms with van der Waals surface area (Å²) in [5.74, 6) is 1.16. The van der Waals surface area contributed by atoms with Crippen molar-refractivity contribution >= 4 is 5.91 Å². The molecule has 2 aliphatic rings. The predicted octanol–water partition coefficient (Wildman–Crippen LogP) is 2.29. The van der Waals surface area contributed by atoms with Crippen LogP contribution in [0.15, 0.2) is 10.5 Å². The van der Waals surface area contributed by atoms with Crippen LogP contribution in [0.1, 0.15) is 48.1 Å². The van der Waals surface area contributed by atoms with Crippen molar-refractivity contribution in [3.63, 3.8) is 0 Å². The molecule has 22 heavy (non-hydrogen) atoms. The number of nitrogens with zero attached hydrogens (tertiary/aromatic N) is 1. The van der Waals surface area contributed by atoms with E-state index in [0.717, 1.165) is 30.6 Å². The standard InChI is InChI=1S/C17H25NO4/c1-4-21-15-10-14(19)17(15)5-7-18(8-6-17)16(20)13-9-11(2)12(3)22-13/h9,14-15,19H,4-8,10H2,1-3H3/t14-,15-/m1/s1. The van der Waals surface area contributed by atoms with Gasteiger partial charge in [-0.25, -0.2) is 0 Å². The number of likely N-dealkylation sites (tertiary alicyclic amines) is 1. The molecule has 3 rings (SSSR count). The van der Waals surface area contributed by atoms with E-state index in [1.165, 1.54) is 0 Å². The van der Waals surface area contributed by atoms with E-state index >= 15 is 0 Å². The molecular weight excluding hydrogens is 282 g/mol. The molecule has 1 N–H and O–H groups in total. The number of hydrogen-bond donors (Lipinski definition) is 1. The van der Waals surface area contributed by atoms with Gasteiger partial charge in [-0.2, -0.15) is 0 Å². The molecule has 1 aromatic rings. The number of aliphatic hydroxyl groups excluding tert-OH is 1. The Morgan fingerprint density at radius 2 is 2.14 bits per heavy atom. The molecule has 122 valence electrons. The molecule has 0 unspecified atom stereocenters. The largest absolute Gasteiger partial charge is 0.456 e. The van der Waals surface area contributed by atoms with E-state index in [-0.39, 0.29) is 23.5 Å². The first kappa shape index (κ1) is 15.6. The normalized spacial score (nSPS) is 27.0. The Morgan fingerprint density at radius 1 is 1.45 bits per heavy atom. The zero-order valence-electron chi connectivity index (χ0n) is 13.6. The summed E-state index contributed by atoms with van der Waals surface area (Å²) in [6.45, 7) is 7.77. The third-order valence-corrected chi connectivity index (χ3v) is 5.47. The number of amides is 1. The maximum absolute atomic E-state index is 12.5. The van der Waals surface area contributed by atoms with Gasteiger partial charge in [0.05, 0.1) is 12.2 Å². The van der Waals surface area contributed by atoms with Crippen LogP contribution in [0, 0.1) is 19.3 Å². The van der Waals surface area contributed by atoms with Crippen molar-refractivity contribution in [3.05, 3.63) is 23.2 Å². The van der Waals surface area contributed by atoms with Gasteiger partial charge in [-0.05, 0) is 45.2 Å². The van der Waals surface area contributed by atoms with Crippen LogP contribution in [0.2, 0.25) is 0 Å². The van der Waals surface area contributed by atoms with Crippen LogP contribution in [0.25, 0.3) is 0 Å². The van der Waals surface area contributed by atoms with Crippen molar-refractivity contribution < 1.29 is 19.1 Å². The number of aryl methyl sites for hydroxylation is 2. The van der Waals surface area contributed by atoms with Gasteiger partial charge < -0.3 is 19.2 Å². The fourth-order valence-corrected chi connectivity index (χ4v) is 3.78. The van der Waals surface area contributed by atoms with Gasteiger partial charge in [0.2, 0.25) is 0 Å². The minimum absolute atomic E-state index is 0.0483. The highest BCUT2D eigenvalue weighted by Gasteiger charge is 2.56. The van der Waals surface area contributed by atoms with Crippen LogP contribution in [-0.4, -0.2) is 47.8 Å². The second-order valence-electron chi connectivity index (χ2n) is 6.57. The predicted molar refractivity (Wildman–Crippen MR) is 81.8 cm³/mol. The molecule has 5 nitrogen and oxygen atoms in total. The van der Waals surface area contributed by atoms with E-state index in [0.29, 0.717) is 25.5 Å². The average Bonchev–Trinajstić information content (AvgIpc) is 2.86. The van der Waals surface area contributed by atoms with Gasteiger partial charge in [0.1, 0.15) is 5.76 Å². The molecule has 1 aliphatic heterocycles. The molecule has 1 saturated carbocycles. The Bertz CT molecular complexity index is 536. The summed E-state index contributed by atoms with van der Waals surface area (Å²) in [5.41, 5.74) is 0.851. The minimum Gasteiger partial charge on any atom is -0.456 e. The molecule has 0 bridgehead atoms. The highest BCUT2D eigenvalue weighted by Crippen LogP contribution is 2.51. The Balaban J connectivity index is 1.65. The van der Waals surface area contributed by atoms with Gasteiger partial charge in [0.15, 0.2) is 5.76 Å². The SMILES string of the molecule is CCO[C@@H]1C[C@@H](O)C12CCN(C(=O)c1cc(C)c(C)o1)CC2. The number of rotatable bonds is 3. The van der Waals surface area contributed by atoms with Crippen molar-refractivity contribution in [3.8, 4) is 0 Å². The van der Waals surface area contributed by atoms with Gasteiger partial charge in [-0.3, -0.25) is 4.79 Å². The molecule has 1 spiro atoms. The van der Waals surface area contributed by atoms with Gasteiger partial charge in [0.25, 0.3) is 5.91 Å². The third-order valence-electron chi connectivity index (χ3n) is 5.47. The lowest BCUT2D eigenvalue weighted by atomic mass is 9.58. The van der Waals surface area contributed by atoms with E-state index in [2.05, 4.69) is 0 Å². The fourth-order valence-electron chi connectivity index (χ4n) is 3.78. The molecular formula is C17H25NO4. The summed E-state index contributed by atoms with van der Waals surface area (Å²) in [4.78, 5) is 14.3.